The summed E-state index contributed by atoms with van der Waals surface area (Å²) in [7, 11) is 0. The summed E-state index contributed by atoms with van der Waals surface area (Å²) in [4.78, 5) is 28.2. The molecule has 1 aromatic carbocycles. The molecule has 2 rings (SSSR count). The summed E-state index contributed by atoms with van der Waals surface area (Å²) in [6, 6.07) is 10.1. The van der Waals surface area contributed by atoms with Crippen LogP contribution >= 0.6 is 11.8 Å². The van der Waals surface area contributed by atoms with Crippen molar-refractivity contribution in [2.45, 2.75) is 19.8 Å². The molecule has 0 bridgehead atoms. The van der Waals surface area contributed by atoms with Gasteiger partial charge in [-0.3, -0.25) is 9.59 Å². The van der Waals surface area contributed by atoms with Crippen LogP contribution in [0.2, 0.25) is 0 Å². The molecule has 6 heteroatoms. The molecule has 26 heavy (non-hydrogen) atoms. The summed E-state index contributed by atoms with van der Waals surface area (Å²) in [6.45, 7) is 9.57. The van der Waals surface area contributed by atoms with Crippen LogP contribution in [0.3, 0.4) is 0 Å². The predicted molar refractivity (Wildman–Crippen MR) is 108 cm³/mol. The van der Waals surface area contributed by atoms with Crippen LogP contribution in [0.1, 0.15) is 18.9 Å². The predicted octanol–water partition coefficient (Wildman–Crippen LogP) is 2.15. The third-order valence-corrected chi connectivity index (χ3v) is 5.35. The first-order valence-corrected chi connectivity index (χ1v) is 10.3. The van der Waals surface area contributed by atoms with Gasteiger partial charge >= 0.3 is 0 Å². The van der Waals surface area contributed by atoms with Gasteiger partial charge in [0.25, 0.3) is 0 Å². The Morgan fingerprint density at radius 2 is 1.77 bits per heavy atom. The number of rotatable bonds is 9. The molecule has 1 aliphatic heterocycles. The van der Waals surface area contributed by atoms with Crippen molar-refractivity contribution in [1.82, 2.24) is 15.1 Å². The van der Waals surface area contributed by atoms with Crippen LogP contribution in [0.4, 0.5) is 0 Å². The van der Waals surface area contributed by atoms with Crippen molar-refractivity contribution in [3.63, 3.8) is 0 Å². The fourth-order valence-electron chi connectivity index (χ4n) is 2.88. The van der Waals surface area contributed by atoms with E-state index >= 15 is 0 Å². The molecule has 0 aromatic heterocycles. The normalized spacial score (nSPS) is 14.2. The van der Waals surface area contributed by atoms with Crippen molar-refractivity contribution in [3.05, 3.63) is 48.2 Å². The Morgan fingerprint density at radius 3 is 2.42 bits per heavy atom. The van der Waals surface area contributed by atoms with Gasteiger partial charge in [0.15, 0.2) is 0 Å². The zero-order valence-corrected chi connectivity index (χ0v) is 16.4. The van der Waals surface area contributed by atoms with Crippen LogP contribution < -0.4 is 5.32 Å². The minimum Gasteiger partial charge on any atom is -0.370 e. The van der Waals surface area contributed by atoms with Crippen LogP contribution in [-0.2, 0) is 16.0 Å². The number of amides is 2. The highest BCUT2D eigenvalue weighted by Gasteiger charge is 2.21. The second kappa shape index (κ2) is 10.9. The van der Waals surface area contributed by atoms with Crippen molar-refractivity contribution in [2.75, 3.05) is 44.2 Å². The highest BCUT2D eigenvalue weighted by Crippen LogP contribution is 2.11. The van der Waals surface area contributed by atoms with E-state index in [4.69, 9.17) is 0 Å². The molecule has 1 fully saturated rings. The topological polar surface area (TPSA) is 52.7 Å². The van der Waals surface area contributed by atoms with Crippen molar-refractivity contribution < 1.29 is 9.59 Å². The zero-order chi connectivity index (χ0) is 18.8. The first kappa shape index (κ1) is 20.4. The van der Waals surface area contributed by atoms with Gasteiger partial charge in [-0.15, -0.1) is 0 Å². The molecule has 0 atom stereocenters. The molecule has 1 heterocycles. The van der Waals surface area contributed by atoms with Crippen molar-refractivity contribution in [3.8, 4) is 0 Å². The Labute approximate surface area is 160 Å². The molecule has 1 N–H and O–H groups in total. The van der Waals surface area contributed by atoms with E-state index in [9.17, 15) is 9.59 Å². The zero-order valence-electron chi connectivity index (χ0n) is 15.6. The summed E-state index contributed by atoms with van der Waals surface area (Å²) in [5.41, 5.74) is 2.11. The Balaban J connectivity index is 1.66. The molecular formula is C20H29N3O2S. The number of nitrogens with one attached hydrogen (secondary N) is 1. The van der Waals surface area contributed by atoms with Gasteiger partial charge in [-0.25, -0.2) is 0 Å². The van der Waals surface area contributed by atoms with Gasteiger partial charge in [0.2, 0.25) is 11.8 Å². The Morgan fingerprint density at radius 1 is 1.12 bits per heavy atom. The fraction of sp³-hybridized carbons (Fsp3) is 0.500. The van der Waals surface area contributed by atoms with Gasteiger partial charge in [0, 0.05) is 38.3 Å². The number of aryl methyl sites for hydroxylation is 1. The highest BCUT2D eigenvalue weighted by molar-refractivity contribution is 7.99. The minimum atomic E-state index is 0.0488. The highest BCUT2D eigenvalue weighted by atomic mass is 32.2. The second-order valence-corrected chi connectivity index (χ2v) is 7.61. The van der Waals surface area contributed by atoms with E-state index in [0.29, 0.717) is 31.8 Å². The lowest BCUT2D eigenvalue weighted by Crippen LogP contribution is -2.49. The smallest absolute Gasteiger partial charge is 0.230 e. The first-order valence-electron chi connectivity index (χ1n) is 9.19. The van der Waals surface area contributed by atoms with Gasteiger partial charge in [-0.2, -0.15) is 11.8 Å². The molecule has 1 aromatic rings. The average molecular weight is 376 g/mol. The van der Waals surface area contributed by atoms with Crippen LogP contribution in [0, 0.1) is 0 Å². The summed E-state index contributed by atoms with van der Waals surface area (Å²) in [6.07, 6.45) is 1.34. The van der Waals surface area contributed by atoms with E-state index in [-0.39, 0.29) is 11.8 Å². The minimum absolute atomic E-state index is 0.0488. The number of hydrogen-bond donors (Lipinski definition) is 1. The number of benzene rings is 1. The monoisotopic (exact) mass is 375 g/mol. The summed E-state index contributed by atoms with van der Waals surface area (Å²) in [5, 5.41) is 2.91. The maximum atomic E-state index is 12.4. The Kier molecular flexibility index (Phi) is 8.54. The second-order valence-electron chi connectivity index (χ2n) is 6.33. The molecule has 1 saturated heterocycles. The lowest BCUT2D eigenvalue weighted by atomic mass is 10.1. The van der Waals surface area contributed by atoms with Crippen LogP contribution in [-0.4, -0.2) is 65.8 Å². The molecular weight excluding hydrogens is 346 g/mol. The fourth-order valence-corrected chi connectivity index (χ4v) is 3.38. The largest absolute Gasteiger partial charge is 0.370 e. The number of nitrogens with zero attached hydrogens (tertiary/aromatic N) is 2. The van der Waals surface area contributed by atoms with E-state index < -0.39 is 0 Å². The molecule has 1 aliphatic rings. The van der Waals surface area contributed by atoms with Crippen molar-refractivity contribution in [1.29, 1.82) is 0 Å². The molecule has 0 saturated carbocycles. The SMILES string of the molecule is C=C(CNC(=O)CSCC)N1CCN(C(=O)CCc2ccccc2)CC1. The summed E-state index contributed by atoms with van der Waals surface area (Å²) < 4.78 is 0. The molecule has 0 unspecified atom stereocenters. The Hall–Kier alpha value is -1.95. The van der Waals surface area contributed by atoms with Gasteiger partial charge in [0.05, 0.1) is 12.3 Å². The molecule has 0 spiro atoms. The molecule has 0 radical (unpaired) electrons. The third kappa shape index (κ3) is 6.75. The van der Waals surface area contributed by atoms with Crippen LogP contribution in [0.5, 0.6) is 0 Å². The van der Waals surface area contributed by atoms with E-state index in [1.165, 1.54) is 5.56 Å². The number of thioether (sulfide) groups is 1. The maximum absolute atomic E-state index is 12.4. The first-order chi connectivity index (χ1) is 12.6. The van der Waals surface area contributed by atoms with Gasteiger partial charge < -0.3 is 15.1 Å². The van der Waals surface area contributed by atoms with Crippen LogP contribution in [0.15, 0.2) is 42.6 Å². The number of carbonyl (C=O) groups is 2. The number of hydrogen-bond acceptors (Lipinski definition) is 4. The van der Waals surface area contributed by atoms with Crippen LogP contribution in [0.25, 0.3) is 0 Å². The standard InChI is InChI=1S/C20H29N3O2S/c1-3-26-16-19(24)21-15-17(2)22-11-13-23(14-12-22)20(25)10-9-18-7-5-4-6-8-18/h4-8H,2-3,9-16H2,1H3,(H,21,24). The van der Waals surface area contributed by atoms with Gasteiger partial charge in [0.1, 0.15) is 0 Å². The van der Waals surface area contributed by atoms with E-state index in [2.05, 4.69) is 28.9 Å². The Bertz CT molecular complexity index is 598. The number of piperazine rings is 1. The quantitative estimate of drug-likeness (QED) is 0.719. The van der Waals surface area contributed by atoms with E-state index in [0.717, 1.165) is 31.0 Å². The third-order valence-electron chi connectivity index (χ3n) is 4.48. The summed E-state index contributed by atoms with van der Waals surface area (Å²) in [5.74, 6) is 1.69. The maximum Gasteiger partial charge on any atom is 0.230 e. The lowest BCUT2D eigenvalue weighted by Gasteiger charge is -2.37. The van der Waals surface area contributed by atoms with E-state index in [1.54, 1.807) is 11.8 Å². The van der Waals surface area contributed by atoms with Gasteiger partial charge in [-0.1, -0.05) is 43.8 Å². The van der Waals surface area contributed by atoms with Gasteiger partial charge in [-0.05, 0) is 17.7 Å². The molecule has 142 valence electrons. The molecule has 0 aliphatic carbocycles. The van der Waals surface area contributed by atoms with E-state index in [1.807, 2.05) is 30.0 Å². The van der Waals surface area contributed by atoms with Crippen molar-refractivity contribution >= 4 is 23.6 Å². The van der Waals surface area contributed by atoms with Crippen molar-refractivity contribution in [2.24, 2.45) is 0 Å². The lowest BCUT2D eigenvalue weighted by molar-refractivity contribution is -0.132. The summed E-state index contributed by atoms with van der Waals surface area (Å²) >= 11 is 1.61. The number of carbonyl (C=O) groups excluding carboxylic acids is 2. The average Bonchev–Trinajstić information content (AvgIpc) is 2.69. The molecule has 5 nitrogen and oxygen atoms in total. The molecule has 2 amide bonds.